The molecule has 0 heterocycles. The predicted molar refractivity (Wildman–Crippen MR) is 71.5 cm³/mol. The topological polar surface area (TPSA) is 55.1 Å². The van der Waals surface area contributed by atoms with Crippen LogP contribution >= 0.6 is 0 Å². The predicted octanol–water partition coefficient (Wildman–Crippen LogP) is 2.30. The van der Waals surface area contributed by atoms with Gasteiger partial charge in [-0.1, -0.05) is 34.6 Å². The molecule has 1 fully saturated rings. The number of carbonyl (C=O) groups excluding carboxylic acids is 1. The molecule has 1 saturated carbocycles. The van der Waals surface area contributed by atoms with E-state index in [2.05, 4.69) is 26.1 Å². The molecule has 0 bridgehead atoms. The highest BCUT2D eigenvalue weighted by Gasteiger charge is 2.34. The minimum atomic E-state index is -0.226. The van der Waals surface area contributed by atoms with Crippen LogP contribution in [0.15, 0.2) is 0 Å². The average molecular weight is 240 g/mol. The van der Waals surface area contributed by atoms with E-state index in [0.29, 0.717) is 11.5 Å². The Morgan fingerprint density at radius 3 is 2.35 bits per heavy atom. The first-order valence-corrected chi connectivity index (χ1v) is 6.76. The molecule has 3 atom stereocenters. The van der Waals surface area contributed by atoms with Crippen LogP contribution in [0.5, 0.6) is 0 Å². The van der Waals surface area contributed by atoms with Gasteiger partial charge in [0.15, 0.2) is 0 Å². The van der Waals surface area contributed by atoms with Crippen molar-refractivity contribution >= 4 is 5.91 Å². The standard InChI is InChI=1S/C14H28N2O/c1-9(2)12(13(15)17)16-11-6-10(3)7-14(4,5)8-11/h9-12,16H,6-8H2,1-5H3,(H2,15,17). The number of hydrogen-bond donors (Lipinski definition) is 2. The molecule has 3 unspecified atom stereocenters. The number of nitrogens with two attached hydrogens (primary N) is 1. The van der Waals surface area contributed by atoms with Gasteiger partial charge in [0.2, 0.25) is 5.91 Å². The lowest BCUT2D eigenvalue weighted by molar-refractivity contribution is -0.121. The summed E-state index contributed by atoms with van der Waals surface area (Å²) in [5, 5.41) is 3.47. The third-order valence-corrected chi connectivity index (χ3v) is 3.78. The molecule has 1 aliphatic carbocycles. The molecule has 0 radical (unpaired) electrons. The van der Waals surface area contributed by atoms with E-state index in [9.17, 15) is 4.79 Å². The summed E-state index contributed by atoms with van der Waals surface area (Å²) < 4.78 is 0. The van der Waals surface area contributed by atoms with Gasteiger partial charge in [0, 0.05) is 6.04 Å². The first-order chi connectivity index (χ1) is 7.71. The second kappa shape index (κ2) is 5.38. The van der Waals surface area contributed by atoms with Gasteiger partial charge in [-0.2, -0.15) is 0 Å². The van der Waals surface area contributed by atoms with Crippen LogP contribution < -0.4 is 11.1 Å². The third kappa shape index (κ3) is 4.30. The number of hydrogen-bond acceptors (Lipinski definition) is 2. The van der Waals surface area contributed by atoms with Gasteiger partial charge in [0.1, 0.15) is 0 Å². The Bertz CT molecular complexity index is 273. The fraction of sp³-hybridized carbons (Fsp3) is 0.929. The molecule has 0 aliphatic heterocycles. The summed E-state index contributed by atoms with van der Waals surface area (Å²) in [6.07, 6.45) is 3.56. The molecular formula is C14H28N2O. The quantitative estimate of drug-likeness (QED) is 0.792. The maximum atomic E-state index is 11.4. The number of nitrogens with one attached hydrogen (secondary N) is 1. The molecule has 0 aromatic rings. The van der Waals surface area contributed by atoms with Gasteiger partial charge >= 0.3 is 0 Å². The van der Waals surface area contributed by atoms with Gasteiger partial charge < -0.3 is 11.1 Å². The van der Waals surface area contributed by atoms with E-state index in [4.69, 9.17) is 5.73 Å². The summed E-state index contributed by atoms with van der Waals surface area (Å²) >= 11 is 0. The summed E-state index contributed by atoms with van der Waals surface area (Å²) in [4.78, 5) is 11.4. The van der Waals surface area contributed by atoms with Gasteiger partial charge in [0.05, 0.1) is 6.04 Å². The smallest absolute Gasteiger partial charge is 0.234 e. The molecule has 3 nitrogen and oxygen atoms in total. The van der Waals surface area contributed by atoms with Crippen molar-refractivity contribution in [2.75, 3.05) is 0 Å². The highest BCUT2D eigenvalue weighted by Crippen LogP contribution is 2.38. The molecule has 1 rings (SSSR count). The van der Waals surface area contributed by atoms with Crippen molar-refractivity contribution in [2.24, 2.45) is 23.0 Å². The lowest BCUT2D eigenvalue weighted by atomic mass is 9.70. The first kappa shape index (κ1) is 14.5. The molecule has 3 N–H and O–H groups in total. The van der Waals surface area contributed by atoms with Crippen LogP contribution in [0.4, 0.5) is 0 Å². The molecule has 17 heavy (non-hydrogen) atoms. The second-order valence-corrected chi connectivity index (χ2v) is 6.90. The van der Waals surface area contributed by atoms with Crippen LogP contribution in [-0.2, 0) is 4.79 Å². The summed E-state index contributed by atoms with van der Waals surface area (Å²) in [6, 6.07) is 0.231. The molecule has 3 heteroatoms. The Hall–Kier alpha value is -0.570. The van der Waals surface area contributed by atoms with Crippen LogP contribution in [0.3, 0.4) is 0 Å². The Morgan fingerprint density at radius 2 is 1.94 bits per heavy atom. The zero-order valence-corrected chi connectivity index (χ0v) is 11.9. The lowest BCUT2D eigenvalue weighted by Gasteiger charge is -2.41. The monoisotopic (exact) mass is 240 g/mol. The minimum absolute atomic E-state index is 0.193. The summed E-state index contributed by atoms with van der Waals surface area (Å²) in [7, 11) is 0. The number of carbonyl (C=O) groups is 1. The van der Waals surface area contributed by atoms with Crippen molar-refractivity contribution in [3.63, 3.8) is 0 Å². The zero-order chi connectivity index (χ0) is 13.2. The molecule has 0 aromatic carbocycles. The largest absolute Gasteiger partial charge is 0.368 e. The van der Waals surface area contributed by atoms with Crippen LogP contribution in [-0.4, -0.2) is 18.0 Å². The molecule has 0 spiro atoms. The van der Waals surface area contributed by atoms with Crippen LogP contribution in [0.1, 0.15) is 53.9 Å². The van der Waals surface area contributed by atoms with Crippen molar-refractivity contribution in [1.29, 1.82) is 0 Å². The maximum Gasteiger partial charge on any atom is 0.234 e. The maximum absolute atomic E-state index is 11.4. The minimum Gasteiger partial charge on any atom is -0.368 e. The Morgan fingerprint density at radius 1 is 1.35 bits per heavy atom. The van der Waals surface area contributed by atoms with Crippen LogP contribution in [0, 0.1) is 17.3 Å². The number of amides is 1. The highest BCUT2D eigenvalue weighted by molar-refractivity contribution is 5.80. The second-order valence-electron chi connectivity index (χ2n) is 6.90. The van der Waals surface area contributed by atoms with E-state index in [1.807, 2.05) is 13.8 Å². The van der Waals surface area contributed by atoms with Crippen LogP contribution in [0.25, 0.3) is 0 Å². The van der Waals surface area contributed by atoms with Crippen molar-refractivity contribution in [3.8, 4) is 0 Å². The molecular weight excluding hydrogens is 212 g/mol. The van der Waals surface area contributed by atoms with Gasteiger partial charge in [-0.05, 0) is 36.5 Å². The summed E-state index contributed by atoms with van der Waals surface area (Å²) in [6.45, 7) is 11.0. The van der Waals surface area contributed by atoms with Gasteiger partial charge in [-0.25, -0.2) is 0 Å². The Kier molecular flexibility index (Phi) is 4.59. The molecule has 0 aromatic heterocycles. The SMILES string of the molecule is CC1CC(NC(C(N)=O)C(C)C)CC(C)(C)C1. The number of primary amides is 1. The van der Waals surface area contributed by atoms with Gasteiger partial charge in [-0.3, -0.25) is 4.79 Å². The average Bonchev–Trinajstić information content (AvgIpc) is 2.09. The summed E-state index contributed by atoms with van der Waals surface area (Å²) in [5.41, 5.74) is 5.83. The zero-order valence-electron chi connectivity index (χ0n) is 11.9. The lowest BCUT2D eigenvalue weighted by Crippen LogP contribution is -2.52. The molecule has 1 aliphatic rings. The Balaban J connectivity index is 2.63. The van der Waals surface area contributed by atoms with E-state index >= 15 is 0 Å². The molecule has 100 valence electrons. The van der Waals surface area contributed by atoms with Crippen molar-refractivity contribution in [3.05, 3.63) is 0 Å². The van der Waals surface area contributed by atoms with E-state index in [1.165, 1.54) is 6.42 Å². The first-order valence-electron chi connectivity index (χ1n) is 6.76. The van der Waals surface area contributed by atoms with Crippen molar-refractivity contribution in [1.82, 2.24) is 5.32 Å². The van der Waals surface area contributed by atoms with E-state index in [1.54, 1.807) is 0 Å². The van der Waals surface area contributed by atoms with Crippen LogP contribution in [0.2, 0.25) is 0 Å². The van der Waals surface area contributed by atoms with E-state index < -0.39 is 0 Å². The van der Waals surface area contributed by atoms with Crippen molar-refractivity contribution in [2.45, 2.75) is 66.0 Å². The fourth-order valence-electron chi connectivity index (χ4n) is 3.33. The Labute approximate surface area is 106 Å². The highest BCUT2D eigenvalue weighted by atomic mass is 16.1. The summed E-state index contributed by atoms with van der Waals surface area (Å²) in [5.74, 6) is 0.751. The van der Waals surface area contributed by atoms with E-state index in [-0.39, 0.29) is 17.9 Å². The number of rotatable bonds is 4. The normalized spacial score (nSPS) is 30.2. The third-order valence-electron chi connectivity index (χ3n) is 3.78. The molecule has 1 amide bonds. The fourth-order valence-corrected chi connectivity index (χ4v) is 3.33. The van der Waals surface area contributed by atoms with Gasteiger partial charge in [-0.15, -0.1) is 0 Å². The van der Waals surface area contributed by atoms with Crippen molar-refractivity contribution < 1.29 is 4.79 Å². The van der Waals surface area contributed by atoms with E-state index in [0.717, 1.165) is 18.8 Å². The molecule has 0 saturated heterocycles. The van der Waals surface area contributed by atoms with Gasteiger partial charge in [0.25, 0.3) is 0 Å².